The Kier molecular flexibility index (Phi) is 4.65. The van der Waals surface area contributed by atoms with Gasteiger partial charge in [0.2, 0.25) is 0 Å². The Balaban J connectivity index is 1.92. The molecule has 4 heteroatoms. The second-order valence-electron chi connectivity index (χ2n) is 5.56. The standard InChI is InChI=1S/C16H24N2O2/c1-5-17-12(4)9-18-16(19)15-8-13-6-10(2)11(3)7-14(13)20-15/h6-7,12,15,17H,5,8-9H2,1-4H3,(H,18,19)/t12-,15?/m1/s1. The lowest BCUT2D eigenvalue weighted by Gasteiger charge is -2.15. The number of nitrogens with one attached hydrogen (secondary N) is 2. The molecule has 1 unspecified atom stereocenters. The number of rotatable bonds is 5. The normalized spacial score (nSPS) is 18.3. The first-order valence-electron chi connectivity index (χ1n) is 7.29. The molecule has 1 aliphatic rings. The van der Waals surface area contributed by atoms with Crippen molar-refractivity contribution in [2.24, 2.45) is 0 Å². The summed E-state index contributed by atoms with van der Waals surface area (Å²) in [7, 11) is 0. The molecule has 0 fully saturated rings. The van der Waals surface area contributed by atoms with Crippen LogP contribution in [0.1, 0.15) is 30.5 Å². The molecular formula is C16H24N2O2. The van der Waals surface area contributed by atoms with Crippen molar-refractivity contribution >= 4 is 5.91 Å². The second kappa shape index (κ2) is 6.27. The van der Waals surface area contributed by atoms with Crippen LogP contribution in [-0.2, 0) is 11.2 Å². The molecular weight excluding hydrogens is 252 g/mol. The molecule has 0 aromatic heterocycles. The highest BCUT2D eigenvalue weighted by molar-refractivity contribution is 5.82. The van der Waals surface area contributed by atoms with Crippen molar-refractivity contribution < 1.29 is 9.53 Å². The zero-order chi connectivity index (χ0) is 14.7. The van der Waals surface area contributed by atoms with Gasteiger partial charge in [-0.25, -0.2) is 0 Å². The van der Waals surface area contributed by atoms with Crippen LogP contribution in [0.3, 0.4) is 0 Å². The molecule has 2 atom stereocenters. The Bertz CT molecular complexity index is 468. The van der Waals surface area contributed by atoms with Gasteiger partial charge in [0, 0.05) is 19.0 Å². The summed E-state index contributed by atoms with van der Waals surface area (Å²) in [5.74, 6) is 0.828. The van der Waals surface area contributed by atoms with Crippen LogP contribution < -0.4 is 15.4 Å². The fraction of sp³-hybridized carbons (Fsp3) is 0.562. The number of ether oxygens (including phenoxy) is 1. The van der Waals surface area contributed by atoms with E-state index >= 15 is 0 Å². The molecule has 0 bridgehead atoms. The van der Waals surface area contributed by atoms with Gasteiger partial charge in [-0.3, -0.25) is 4.79 Å². The number of aryl methyl sites for hydroxylation is 2. The lowest BCUT2D eigenvalue weighted by Crippen LogP contribution is -2.44. The molecule has 1 amide bonds. The molecule has 20 heavy (non-hydrogen) atoms. The van der Waals surface area contributed by atoms with Crippen LogP contribution in [0.2, 0.25) is 0 Å². The van der Waals surface area contributed by atoms with E-state index in [-0.39, 0.29) is 18.1 Å². The van der Waals surface area contributed by atoms with Crippen LogP contribution in [0.5, 0.6) is 5.75 Å². The average Bonchev–Trinajstić information content (AvgIpc) is 2.80. The van der Waals surface area contributed by atoms with Crippen LogP contribution in [0.25, 0.3) is 0 Å². The number of amides is 1. The van der Waals surface area contributed by atoms with E-state index in [0.29, 0.717) is 13.0 Å². The molecule has 1 heterocycles. The van der Waals surface area contributed by atoms with Crippen molar-refractivity contribution in [2.75, 3.05) is 13.1 Å². The maximum Gasteiger partial charge on any atom is 0.261 e. The summed E-state index contributed by atoms with van der Waals surface area (Å²) in [5.41, 5.74) is 3.58. The summed E-state index contributed by atoms with van der Waals surface area (Å²) in [6.07, 6.45) is 0.276. The first-order valence-corrected chi connectivity index (χ1v) is 7.29. The predicted molar refractivity (Wildman–Crippen MR) is 80.2 cm³/mol. The lowest BCUT2D eigenvalue weighted by molar-refractivity contribution is -0.127. The molecule has 0 spiro atoms. The Labute approximate surface area is 120 Å². The summed E-state index contributed by atoms with van der Waals surface area (Å²) < 4.78 is 5.76. The number of benzene rings is 1. The van der Waals surface area contributed by atoms with Crippen LogP contribution in [0, 0.1) is 13.8 Å². The summed E-state index contributed by atoms with van der Waals surface area (Å²) in [6, 6.07) is 4.43. The number of carbonyl (C=O) groups is 1. The minimum atomic E-state index is -0.389. The Morgan fingerprint density at radius 1 is 1.40 bits per heavy atom. The molecule has 1 aliphatic heterocycles. The minimum Gasteiger partial charge on any atom is -0.480 e. The summed E-state index contributed by atoms with van der Waals surface area (Å²) in [5, 5.41) is 6.21. The van der Waals surface area contributed by atoms with Crippen LogP contribution >= 0.6 is 0 Å². The first kappa shape index (κ1) is 14.9. The SMILES string of the molecule is CCN[C@H](C)CNC(=O)C1Cc2cc(C)c(C)cc2O1. The number of hydrogen-bond donors (Lipinski definition) is 2. The zero-order valence-corrected chi connectivity index (χ0v) is 12.7. The van der Waals surface area contributed by atoms with Crippen molar-refractivity contribution in [1.82, 2.24) is 10.6 Å². The Hall–Kier alpha value is -1.55. The van der Waals surface area contributed by atoms with Gasteiger partial charge in [0.05, 0.1) is 0 Å². The van der Waals surface area contributed by atoms with E-state index in [4.69, 9.17) is 4.74 Å². The van der Waals surface area contributed by atoms with E-state index < -0.39 is 0 Å². The van der Waals surface area contributed by atoms with Gasteiger partial charge in [-0.1, -0.05) is 13.0 Å². The quantitative estimate of drug-likeness (QED) is 0.861. The minimum absolute atomic E-state index is 0.0266. The van der Waals surface area contributed by atoms with Crippen molar-refractivity contribution in [3.8, 4) is 5.75 Å². The molecule has 0 saturated heterocycles. The number of fused-ring (bicyclic) bond motifs is 1. The highest BCUT2D eigenvalue weighted by atomic mass is 16.5. The van der Waals surface area contributed by atoms with Gasteiger partial charge >= 0.3 is 0 Å². The maximum atomic E-state index is 12.1. The molecule has 1 aromatic rings. The van der Waals surface area contributed by atoms with Gasteiger partial charge in [-0.2, -0.15) is 0 Å². The summed E-state index contributed by atoms with van der Waals surface area (Å²) in [6.45, 7) is 9.79. The smallest absolute Gasteiger partial charge is 0.261 e. The average molecular weight is 276 g/mol. The maximum absolute atomic E-state index is 12.1. The second-order valence-corrected chi connectivity index (χ2v) is 5.56. The van der Waals surface area contributed by atoms with E-state index in [1.54, 1.807) is 0 Å². The van der Waals surface area contributed by atoms with Gasteiger partial charge in [-0.05, 0) is 50.1 Å². The van der Waals surface area contributed by atoms with Gasteiger partial charge in [0.1, 0.15) is 5.75 Å². The van der Waals surface area contributed by atoms with Crippen molar-refractivity contribution in [3.05, 3.63) is 28.8 Å². The Morgan fingerprint density at radius 3 is 2.80 bits per heavy atom. The summed E-state index contributed by atoms with van der Waals surface area (Å²) in [4.78, 5) is 12.1. The number of carbonyl (C=O) groups excluding carboxylic acids is 1. The zero-order valence-electron chi connectivity index (χ0n) is 12.7. The highest BCUT2D eigenvalue weighted by Gasteiger charge is 2.29. The molecule has 0 aliphatic carbocycles. The predicted octanol–water partition coefficient (Wildman–Crippen LogP) is 1.72. The van der Waals surface area contributed by atoms with E-state index in [9.17, 15) is 4.79 Å². The molecule has 0 saturated carbocycles. The Morgan fingerprint density at radius 2 is 2.10 bits per heavy atom. The van der Waals surface area contributed by atoms with Gasteiger partial charge in [0.15, 0.2) is 6.10 Å². The van der Waals surface area contributed by atoms with E-state index in [1.807, 2.05) is 6.07 Å². The molecule has 1 aromatic carbocycles. The summed E-state index contributed by atoms with van der Waals surface area (Å²) >= 11 is 0. The third kappa shape index (κ3) is 3.31. The number of hydrogen-bond acceptors (Lipinski definition) is 3. The highest BCUT2D eigenvalue weighted by Crippen LogP contribution is 2.31. The number of likely N-dealkylation sites (N-methyl/N-ethyl adjacent to an activating group) is 1. The largest absolute Gasteiger partial charge is 0.480 e. The van der Waals surface area contributed by atoms with Crippen LogP contribution in [0.4, 0.5) is 0 Å². The first-order chi connectivity index (χ1) is 9.51. The molecule has 2 N–H and O–H groups in total. The third-order valence-electron chi connectivity index (χ3n) is 3.78. The van der Waals surface area contributed by atoms with E-state index in [0.717, 1.165) is 17.9 Å². The van der Waals surface area contributed by atoms with Crippen molar-refractivity contribution in [2.45, 2.75) is 46.3 Å². The topological polar surface area (TPSA) is 50.4 Å². The molecule has 2 rings (SSSR count). The van der Waals surface area contributed by atoms with Gasteiger partial charge in [-0.15, -0.1) is 0 Å². The van der Waals surface area contributed by atoms with E-state index in [1.165, 1.54) is 11.1 Å². The lowest BCUT2D eigenvalue weighted by atomic mass is 10.0. The molecule has 110 valence electrons. The van der Waals surface area contributed by atoms with Crippen LogP contribution in [-0.4, -0.2) is 31.1 Å². The third-order valence-corrected chi connectivity index (χ3v) is 3.78. The fourth-order valence-electron chi connectivity index (χ4n) is 2.45. The van der Waals surface area contributed by atoms with Gasteiger partial charge in [0.25, 0.3) is 5.91 Å². The monoisotopic (exact) mass is 276 g/mol. The van der Waals surface area contributed by atoms with E-state index in [2.05, 4.69) is 44.4 Å². The van der Waals surface area contributed by atoms with Crippen LogP contribution in [0.15, 0.2) is 12.1 Å². The van der Waals surface area contributed by atoms with Crippen molar-refractivity contribution in [3.63, 3.8) is 0 Å². The molecule has 0 radical (unpaired) electrons. The van der Waals surface area contributed by atoms with Gasteiger partial charge < -0.3 is 15.4 Å². The fourth-order valence-corrected chi connectivity index (χ4v) is 2.45. The molecule has 4 nitrogen and oxygen atoms in total. The van der Waals surface area contributed by atoms with Crippen molar-refractivity contribution in [1.29, 1.82) is 0 Å².